The van der Waals surface area contributed by atoms with E-state index in [9.17, 15) is 0 Å². The van der Waals surface area contributed by atoms with Crippen molar-refractivity contribution in [3.8, 4) is 22.3 Å². The second kappa shape index (κ2) is 16.3. The second-order valence-electron chi connectivity index (χ2n) is 25.6. The second-order valence-corrected chi connectivity index (χ2v) is 25.6. The molecule has 388 valence electrons. The van der Waals surface area contributed by atoms with Crippen LogP contribution in [-0.2, 0) is 0 Å². The predicted octanol–water partition coefficient (Wildman–Crippen LogP) is 24.6. The zero-order chi connectivity index (χ0) is 54.9. The lowest BCUT2D eigenvalue weighted by Crippen LogP contribution is -1.97. The zero-order valence-electron chi connectivity index (χ0n) is 47.8. The Morgan fingerprint density at radius 2 is 0.476 bits per heavy atom. The third-order valence-corrected chi connectivity index (χ3v) is 20.1. The van der Waals surface area contributed by atoms with E-state index in [1.165, 1.54) is 206 Å². The summed E-state index contributed by atoms with van der Waals surface area (Å²) in [4.78, 5) is 0. The van der Waals surface area contributed by atoms with Crippen molar-refractivity contribution in [2.45, 2.75) is 79.1 Å². The molecule has 0 spiro atoms. The number of hydrogen-bond donors (Lipinski definition) is 0. The van der Waals surface area contributed by atoms with Gasteiger partial charge in [0.25, 0.3) is 0 Å². The van der Waals surface area contributed by atoms with E-state index in [2.05, 4.69) is 250 Å². The van der Waals surface area contributed by atoms with Gasteiger partial charge in [-0.2, -0.15) is 0 Å². The van der Waals surface area contributed by atoms with Gasteiger partial charge >= 0.3 is 0 Å². The van der Waals surface area contributed by atoms with Gasteiger partial charge in [0.15, 0.2) is 0 Å². The first-order valence-electron chi connectivity index (χ1n) is 30.1. The summed E-state index contributed by atoms with van der Waals surface area (Å²) in [6.45, 7) is 19.0. The molecule has 0 bridgehead atoms. The molecule has 0 fully saturated rings. The van der Waals surface area contributed by atoms with Gasteiger partial charge in [0.1, 0.15) is 0 Å². The van der Waals surface area contributed by atoms with E-state index in [0.29, 0.717) is 23.7 Å². The van der Waals surface area contributed by atoms with Crippen LogP contribution >= 0.6 is 0 Å². The van der Waals surface area contributed by atoms with E-state index in [4.69, 9.17) is 0 Å². The van der Waals surface area contributed by atoms with E-state index in [1.54, 1.807) is 0 Å². The van der Waals surface area contributed by atoms with Gasteiger partial charge in [-0.1, -0.05) is 237 Å². The molecule has 0 radical (unpaired) electrons. The Bertz CT molecular complexity index is 5450. The van der Waals surface area contributed by atoms with Crippen molar-refractivity contribution in [2.24, 2.45) is 0 Å². The SMILES string of the molecule is CC(C)c1ccc2ccc(C(C)C)c3c4ccc5c6cc7c(-c8cccc9ccccc89)c8c9ccc%10c%11c(C(C)C)ccc%12ccc(C(C)C)c(c%13ccc(c8c(-c8cccc%14ccccc8%14)c7cc6c6ccc(c1c23)c4c65)c9c%13%10)c%12%11. The Balaban J connectivity index is 1.10. The van der Waals surface area contributed by atoms with Crippen LogP contribution in [0.25, 0.3) is 184 Å². The molecule has 0 aromatic heterocycles. The first-order chi connectivity index (χ1) is 40.0. The van der Waals surface area contributed by atoms with Crippen LogP contribution in [0.3, 0.4) is 0 Å². The standard InChI is InChI=1S/C82H60/c1-41(2)49-27-23-47-24-28-50(42(3)4)72-60-34-32-58-66-40-68-67(39-65(66)57-31-33-59(71(49)69(47)72)78(60)75(57)58)76(55-21-13-17-45-15-9-11-19-53(45)55)81-63-37-35-61-73-51(43(5)6)29-25-48-26-30-52(44(7)8)74(70(48)73)62-36-38-64(80(63)79(61)62)82(81)77(68)56-22-14-18-46-16-10-12-20-54(46)56/h9-44H,1-8H3. The van der Waals surface area contributed by atoms with E-state index >= 15 is 0 Å². The lowest BCUT2D eigenvalue weighted by Gasteiger charge is -2.22. The summed E-state index contributed by atoms with van der Waals surface area (Å²) in [6, 6.07) is 76.8. The molecule has 0 nitrogen and oxygen atoms in total. The van der Waals surface area contributed by atoms with Gasteiger partial charge < -0.3 is 0 Å². The Hall–Kier alpha value is -9.10. The van der Waals surface area contributed by atoms with E-state index in [1.807, 2.05) is 0 Å². The maximum Gasteiger partial charge on any atom is -0.000718 e. The molecule has 0 N–H and O–H groups in total. The van der Waals surface area contributed by atoms with Gasteiger partial charge in [-0.25, -0.2) is 0 Å². The topological polar surface area (TPSA) is 0 Å². The molecular weight excluding hydrogens is 985 g/mol. The van der Waals surface area contributed by atoms with E-state index in [0.717, 1.165) is 0 Å². The number of hydrogen-bond acceptors (Lipinski definition) is 0. The molecule has 18 rings (SSSR count). The van der Waals surface area contributed by atoms with Gasteiger partial charge in [-0.15, -0.1) is 0 Å². The molecule has 82 heavy (non-hydrogen) atoms. The maximum absolute atomic E-state index is 2.65. The van der Waals surface area contributed by atoms with Crippen molar-refractivity contribution in [3.05, 3.63) is 216 Å². The summed E-state index contributed by atoms with van der Waals surface area (Å²) in [6.07, 6.45) is 0. The quantitative estimate of drug-likeness (QED) is 0.115. The summed E-state index contributed by atoms with van der Waals surface area (Å²) in [5.74, 6) is 1.47. The monoisotopic (exact) mass is 1040 g/mol. The van der Waals surface area contributed by atoms with Crippen LogP contribution in [0.1, 0.15) is 101 Å². The molecule has 0 aliphatic heterocycles. The number of rotatable bonds is 6. The fourth-order valence-electron chi connectivity index (χ4n) is 16.6. The van der Waals surface area contributed by atoms with Crippen molar-refractivity contribution in [3.63, 3.8) is 0 Å². The van der Waals surface area contributed by atoms with Crippen molar-refractivity contribution in [1.82, 2.24) is 0 Å². The molecule has 0 heterocycles. The maximum atomic E-state index is 2.65. The van der Waals surface area contributed by atoms with Crippen molar-refractivity contribution < 1.29 is 0 Å². The van der Waals surface area contributed by atoms with Crippen LogP contribution < -0.4 is 0 Å². The molecule has 18 aromatic rings. The largest absolute Gasteiger partial charge is 0.0616 e. The average Bonchev–Trinajstić information content (AvgIpc) is 1.51. The third-order valence-electron chi connectivity index (χ3n) is 20.1. The van der Waals surface area contributed by atoms with Gasteiger partial charge in [0, 0.05) is 0 Å². The Morgan fingerprint density at radius 1 is 0.183 bits per heavy atom. The molecule has 0 unspecified atom stereocenters. The van der Waals surface area contributed by atoms with Crippen LogP contribution in [0.4, 0.5) is 0 Å². The molecule has 0 aliphatic rings. The number of fused-ring (bicyclic) bond motifs is 13. The van der Waals surface area contributed by atoms with Crippen LogP contribution in [0.2, 0.25) is 0 Å². The average molecular weight is 1050 g/mol. The summed E-state index contributed by atoms with van der Waals surface area (Å²) in [5, 5.41) is 40.6. The molecule has 0 heteroatoms. The first-order valence-corrected chi connectivity index (χ1v) is 30.1. The fraction of sp³-hybridized carbons (Fsp3) is 0.146. The Labute approximate surface area is 476 Å². The molecule has 0 amide bonds. The van der Waals surface area contributed by atoms with Crippen molar-refractivity contribution >= 4 is 162 Å². The minimum Gasteiger partial charge on any atom is -0.0616 e. The molecule has 0 aliphatic carbocycles. The van der Waals surface area contributed by atoms with Crippen molar-refractivity contribution in [2.75, 3.05) is 0 Å². The molecule has 18 aromatic carbocycles. The molecule has 0 atom stereocenters. The van der Waals surface area contributed by atoms with Crippen LogP contribution in [0.15, 0.2) is 194 Å². The number of benzene rings is 16. The smallest absolute Gasteiger partial charge is 0.000718 e. The highest BCUT2D eigenvalue weighted by molar-refractivity contribution is 6.49. The Kier molecular flexibility index (Phi) is 9.27. The van der Waals surface area contributed by atoms with Gasteiger partial charge in [0.05, 0.1) is 0 Å². The molecule has 0 saturated carbocycles. The van der Waals surface area contributed by atoms with Crippen LogP contribution in [0.5, 0.6) is 0 Å². The minimum absolute atomic E-state index is 0.358. The zero-order valence-corrected chi connectivity index (χ0v) is 47.8. The van der Waals surface area contributed by atoms with Crippen LogP contribution in [-0.4, -0.2) is 0 Å². The van der Waals surface area contributed by atoms with Crippen LogP contribution in [0, 0.1) is 0 Å². The molecule has 0 saturated heterocycles. The highest BCUT2D eigenvalue weighted by Gasteiger charge is 2.30. The van der Waals surface area contributed by atoms with Gasteiger partial charge in [0.2, 0.25) is 0 Å². The van der Waals surface area contributed by atoms with Gasteiger partial charge in [-0.3, -0.25) is 0 Å². The normalized spacial score (nSPS) is 13.1. The lowest BCUT2D eigenvalue weighted by atomic mass is 9.81. The van der Waals surface area contributed by atoms with Crippen molar-refractivity contribution in [1.29, 1.82) is 0 Å². The molecular formula is C82H60. The van der Waals surface area contributed by atoms with Gasteiger partial charge in [-0.05, 0) is 242 Å². The summed E-state index contributed by atoms with van der Waals surface area (Å²) in [5.41, 5.74) is 10.9. The Morgan fingerprint density at radius 3 is 0.817 bits per heavy atom. The third kappa shape index (κ3) is 5.78. The fourth-order valence-corrected chi connectivity index (χ4v) is 16.6. The summed E-state index contributed by atoms with van der Waals surface area (Å²) >= 11 is 0. The highest BCUT2D eigenvalue weighted by Crippen LogP contribution is 2.58. The first kappa shape index (κ1) is 46.6. The summed E-state index contributed by atoms with van der Waals surface area (Å²) in [7, 11) is 0. The van der Waals surface area contributed by atoms with E-state index in [-0.39, 0.29) is 0 Å². The minimum atomic E-state index is 0.358. The predicted molar refractivity (Wildman–Crippen MR) is 361 cm³/mol. The summed E-state index contributed by atoms with van der Waals surface area (Å²) < 4.78 is 0. The van der Waals surface area contributed by atoms with E-state index < -0.39 is 0 Å². The lowest BCUT2D eigenvalue weighted by molar-refractivity contribution is 0.875. The highest BCUT2D eigenvalue weighted by atomic mass is 14.3.